The second-order valence-corrected chi connectivity index (χ2v) is 3.98. The van der Waals surface area contributed by atoms with E-state index in [9.17, 15) is 0 Å². The Labute approximate surface area is 88.4 Å². The van der Waals surface area contributed by atoms with E-state index in [0.29, 0.717) is 6.04 Å². The number of nitrogens with one attached hydrogen (secondary N) is 1. The van der Waals surface area contributed by atoms with Gasteiger partial charge in [0.15, 0.2) is 0 Å². The average Bonchev–Trinajstić information content (AvgIpc) is 2.21. The van der Waals surface area contributed by atoms with Crippen LogP contribution in [0.5, 0.6) is 0 Å². The van der Waals surface area contributed by atoms with Crippen molar-refractivity contribution < 1.29 is 0 Å². The third kappa shape index (κ3) is 3.81. The summed E-state index contributed by atoms with van der Waals surface area (Å²) in [6.07, 6.45) is 6.75. The highest BCUT2D eigenvalue weighted by Gasteiger charge is 2.19. The zero-order chi connectivity index (χ0) is 10.2. The van der Waals surface area contributed by atoms with Gasteiger partial charge in [-0.25, -0.2) is 0 Å². The molecule has 0 bridgehead atoms. The molecular weight excluding hydrogens is 172 g/mol. The van der Waals surface area contributed by atoms with Gasteiger partial charge < -0.3 is 5.32 Å². The SMILES string of the molecule is [CH2]CCCCN1CCNCC1CC=C. The fourth-order valence-corrected chi connectivity index (χ4v) is 2.01. The van der Waals surface area contributed by atoms with Crippen LogP contribution in [0.2, 0.25) is 0 Å². The van der Waals surface area contributed by atoms with Crippen LogP contribution in [-0.4, -0.2) is 37.1 Å². The lowest BCUT2D eigenvalue weighted by molar-refractivity contribution is 0.159. The number of rotatable bonds is 6. The van der Waals surface area contributed by atoms with E-state index in [4.69, 9.17) is 0 Å². The molecule has 1 radical (unpaired) electrons. The van der Waals surface area contributed by atoms with E-state index in [1.54, 1.807) is 0 Å². The average molecular weight is 195 g/mol. The molecule has 1 fully saturated rings. The molecule has 1 saturated heterocycles. The van der Waals surface area contributed by atoms with E-state index < -0.39 is 0 Å². The molecule has 81 valence electrons. The van der Waals surface area contributed by atoms with Crippen LogP contribution in [0.4, 0.5) is 0 Å². The Morgan fingerprint density at radius 1 is 1.43 bits per heavy atom. The maximum atomic E-state index is 3.88. The predicted octanol–water partition coefficient (Wildman–Crippen LogP) is 1.84. The van der Waals surface area contributed by atoms with Crippen molar-refractivity contribution in [2.24, 2.45) is 0 Å². The molecule has 0 aromatic heterocycles. The number of hydrogen-bond donors (Lipinski definition) is 1. The smallest absolute Gasteiger partial charge is 0.0255 e. The quantitative estimate of drug-likeness (QED) is 0.514. The molecule has 0 saturated carbocycles. The van der Waals surface area contributed by atoms with Gasteiger partial charge in [0.05, 0.1) is 0 Å². The largest absolute Gasteiger partial charge is 0.314 e. The first-order valence-electron chi connectivity index (χ1n) is 5.73. The minimum Gasteiger partial charge on any atom is -0.314 e. The summed E-state index contributed by atoms with van der Waals surface area (Å²) in [5.41, 5.74) is 0. The van der Waals surface area contributed by atoms with E-state index in [1.807, 2.05) is 6.08 Å². The molecule has 1 rings (SSSR count). The van der Waals surface area contributed by atoms with Crippen LogP contribution in [0.3, 0.4) is 0 Å². The van der Waals surface area contributed by atoms with Crippen molar-refractivity contribution in [1.29, 1.82) is 0 Å². The molecule has 0 aromatic carbocycles. The summed E-state index contributed by atoms with van der Waals surface area (Å²) in [7, 11) is 0. The minimum atomic E-state index is 0.672. The topological polar surface area (TPSA) is 15.3 Å². The molecule has 1 aliphatic rings. The second kappa shape index (κ2) is 7.02. The monoisotopic (exact) mass is 195 g/mol. The van der Waals surface area contributed by atoms with Crippen LogP contribution in [0, 0.1) is 6.92 Å². The van der Waals surface area contributed by atoms with Crippen molar-refractivity contribution in [1.82, 2.24) is 10.2 Å². The Hall–Kier alpha value is -0.340. The standard InChI is InChI=1S/C12H23N2/c1-3-5-6-9-14-10-8-13-11-12(14)7-4-2/h4,12-13H,1-3,5-11H2. The van der Waals surface area contributed by atoms with Crippen LogP contribution in [-0.2, 0) is 0 Å². The zero-order valence-electron chi connectivity index (χ0n) is 9.17. The van der Waals surface area contributed by atoms with Crippen molar-refractivity contribution in [2.75, 3.05) is 26.2 Å². The van der Waals surface area contributed by atoms with E-state index in [0.717, 1.165) is 25.9 Å². The van der Waals surface area contributed by atoms with Crippen molar-refractivity contribution in [3.05, 3.63) is 19.6 Å². The zero-order valence-corrected chi connectivity index (χ0v) is 9.17. The Bertz CT molecular complexity index is 156. The summed E-state index contributed by atoms with van der Waals surface area (Å²) < 4.78 is 0. The number of nitrogens with zero attached hydrogens (tertiary/aromatic N) is 1. The first-order valence-corrected chi connectivity index (χ1v) is 5.73. The molecular formula is C12H23N2. The van der Waals surface area contributed by atoms with E-state index in [-0.39, 0.29) is 0 Å². The molecule has 0 amide bonds. The van der Waals surface area contributed by atoms with Crippen LogP contribution >= 0.6 is 0 Å². The maximum absolute atomic E-state index is 3.88. The first kappa shape index (κ1) is 11.7. The molecule has 0 aliphatic carbocycles. The Kier molecular flexibility index (Phi) is 5.88. The van der Waals surface area contributed by atoms with Gasteiger partial charge in [-0.05, 0) is 19.4 Å². The van der Waals surface area contributed by atoms with Gasteiger partial charge in [-0.1, -0.05) is 25.8 Å². The van der Waals surface area contributed by atoms with Crippen molar-refractivity contribution in [2.45, 2.75) is 31.7 Å². The number of unbranched alkanes of at least 4 members (excludes halogenated alkanes) is 2. The van der Waals surface area contributed by atoms with Crippen LogP contribution in [0.1, 0.15) is 25.7 Å². The van der Waals surface area contributed by atoms with Crippen LogP contribution in [0.15, 0.2) is 12.7 Å². The summed E-state index contributed by atoms with van der Waals surface area (Å²) in [6.45, 7) is 12.4. The molecule has 1 aliphatic heterocycles. The van der Waals surface area contributed by atoms with Crippen molar-refractivity contribution in [3.63, 3.8) is 0 Å². The molecule has 1 atom stereocenters. The predicted molar refractivity (Wildman–Crippen MR) is 62.3 cm³/mol. The lowest BCUT2D eigenvalue weighted by atomic mass is 10.1. The van der Waals surface area contributed by atoms with Gasteiger partial charge in [-0.15, -0.1) is 6.58 Å². The minimum absolute atomic E-state index is 0.672. The van der Waals surface area contributed by atoms with Gasteiger partial charge in [-0.3, -0.25) is 4.90 Å². The molecule has 1 unspecified atom stereocenters. The van der Waals surface area contributed by atoms with Crippen LogP contribution < -0.4 is 5.32 Å². The highest BCUT2D eigenvalue weighted by atomic mass is 15.2. The van der Waals surface area contributed by atoms with Gasteiger partial charge in [0.25, 0.3) is 0 Å². The molecule has 0 aromatic rings. The first-order chi connectivity index (χ1) is 6.88. The second-order valence-electron chi connectivity index (χ2n) is 3.98. The fraction of sp³-hybridized carbons (Fsp3) is 0.750. The van der Waals surface area contributed by atoms with E-state index in [1.165, 1.54) is 25.9 Å². The molecule has 2 nitrogen and oxygen atoms in total. The molecule has 14 heavy (non-hydrogen) atoms. The highest BCUT2D eigenvalue weighted by Crippen LogP contribution is 2.09. The summed E-state index contributed by atoms with van der Waals surface area (Å²) in [6, 6.07) is 0.672. The Balaban J connectivity index is 2.26. The normalized spacial score (nSPS) is 23.6. The van der Waals surface area contributed by atoms with Crippen LogP contribution in [0.25, 0.3) is 0 Å². The third-order valence-corrected chi connectivity index (χ3v) is 2.86. The van der Waals surface area contributed by atoms with Gasteiger partial charge in [0, 0.05) is 25.7 Å². The Morgan fingerprint density at radius 2 is 2.29 bits per heavy atom. The summed E-state index contributed by atoms with van der Waals surface area (Å²) >= 11 is 0. The fourth-order valence-electron chi connectivity index (χ4n) is 2.01. The third-order valence-electron chi connectivity index (χ3n) is 2.86. The van der Waals surface area contributed by atoms with Gasteiger partial charge in [0.1, 0.15) is 0 Å². The summed E-state index contributed by atoms with van der Waals surface area (Å²) in [5, 5.41) is 3.44. The molecule has 0 spiro atoms. The highest BCUT2D eigenvalue weighted by molar-refractivity contribution is 4.85. The van der Waals surface area contributed by atoms with Crippen molar-refractivity contribution in [3.8, 4) is 0 Å². The molecule has 1 heterocycles. The van der Waals surface area contributed by atoms with E-state index >= 15 is 0 Å². The number of hydrogen-bond acceptors (Lipinski definition) is 2. The molecule has 1 N–H and O–H groups in total. The maximum Gasteiger partial charge on any atom is 0.0255 e. The van der Waals surface area contributed by atoms with Gasteiger partial charge in [-0.2, -0.15) is 0 Å². The molecule has 2 heteroatoms. The number of piperazine rings is 1. The van der Waals surface area contributed by atoms with E-state index in [2.05, 4.69) is 23.7 Å². The summed E-state index contributed by atoms with van der Waals surface area (Å²) in [4.78, 5) is 2.59. The Morgan fingerprint density at radius 3 is 3.00 bits per heavy atom. The lowest BCUT2D eigenvalue weighted by Gasteiger charge is -2.35. The lowest BCUT2D eigenvalue weighted by Crippen LogP contribution is -2.51. The van der Waals surface area contributed by atoms with Crippen molar-refractivity contribution >= 4 is 0 Å². The summed E-state index contributed by atoms with van der Waals surface area (Å²) in [5.74, 6) is 0. The van der Waals surface area contributed by atoms with Gasteiger partial charge >= 0.3 is 0 Å². The van der Waals surface area contributed by atoms with Gasteiger partial charge in [0.2, 0.25) is 0 Å².